The van der Waals surface area contributed by atoms with Crippen molar-refractivity contribution in [1.29, 1.82) is 0 Å². The molecule has 4 aromatic carbocycles. The zero-order valence-corrected chi connectivity index (χ0v) is 21.1. The van der Waals surface area contributed by atoms with Crippen molar-refractivity contribution in [2.24, 2.45) is 5.92 Å². The first kappa shape index (κ1) is 25.1. The maximum atomic E-state index is 14.0. The van der Waals surface area contributed by atoms with Crippen LogP contribution in [-0.2, 0) is 10.0 Å². The normalized spacial score (nSPS) is 17.5. The van der Waals surface area contributed by atoms with Crippen LogP contribution in [0.2, 0.25) is 0 Å². The van der Waals surface area contributed by atoms with Gasteiger partial charge in [-0.05, 0) is 23.3 Å². The number of nitrogens with zero attached hydrogens (tertiary/aromatic N) is 2. The Morgan fingerprint density at radius 3 is 1.92 bits per heavy atom. The first-order valence-corrected chi connectivity index (χ1v) is 13.5. The van der Waals surface area contributed by atoms with E-state index in [1.165, 1.54) is 28.6 Å². The number of non-ortho nitro benzene ring substituents is 1. The molecule has 0 amide bonds. The lowest BCUT2D eigenvalue weighted by atomic mass is 9.78. The maximum absolute atomic E-state index is 14.0. The van der Waals surface area contributed by atoms with Crippen molar-refractivity contribution in [2.75, 3.05) is 6.54 Å². The lowest BCUT2D eigenvalue weighted by Crippen LogP contribution is -2.42. The van der Waals surface area contributed by atoms with Crippen LogP contribution in [0.15, 0.2) is 126 Å². The van der Waals surface area contributed by atoms with Crippen LogP contribution < -0.4 is 0 Å². The second-order valence-electron chi connectivity index (χ2n) is 8.98. The van der Waals surface area contributed by atoms with Crippen molar-refractivity contribution in [3.05, 3.63) is 148 Å². The molecule has 0 aliphatic carbocycles. The molecule has 0 N–H and O–H groups in total. The summed E-state index contributed by atoms with van der Waals surface area (Å²) < 4.78 is 29.3. The number of rotatable bonds is 7. The summed E-state index contributed by atoms with van der Waals surface area (Å²) in [7, 11) is -4.17. The van der Waals surface area contributed by atoms with Gasteiger partial charge in [-0.15, -0.1) is 0 Å². The minimum absolute atomic E-state index is 0.0889. The van der Waals surface area contributed by atoms with E-state index in [-0.39, 0.29) is 28.8 Å². The Hall–Kier alpha value is -4.56. The standard InChI is InChI=1S/C30H24N2O5S/c33-30(24-14-8-3-9-15-24)28-21-31(38(36,37)26-18-16-25(17-19-26)32(34)35)29(23-12-6-2-7-13-23)20-27(28)22-10-4-1-5-11-22/h1-20,27-28H,21H2. The van der Waals surface area contributed by atoms with Crippen molar-refractivity contribution in [1.82, 2.24) is 4.31 Å². The summed E-state index contributed by atoms with van der Waals surface area (Å²) in [6.07, 6.45) is 1.85. The number of carbonyl (C=O) groups excluding carboxylic acids is 1. The molecule has 2 unspecified atom stereocenters. The van der Waals surface area contributed by atoms with Crippen molar-refractivity contribution in [3.8, 4) is 0 Å². The van der Waals surface area contributed by atoms with Crippen LogP contribution >= 0.6 is 0 Å². The quantitative estimate of drug-likeness (QED) is 0.170. The fourth-order valence-electron chi connectivity index (χ4n) is 4.77. The van der Waals surface area contributed by atoms with Gasteiger partial charge in [0.15, 0.2) is 5.78 Å². The number of hydrogen-bond donors (Lipinski definition) is 0. The molecule has 190 valence electrons. The van der Waals surface area contributed by atoms with Gasteiger partial charge in [0, 0.05) is 30.2 Å². The molecule has 1 aliphatic heterocycles. The van der Waals surface area contributed by atoms with Gasteiger partial charge < -0.3 is 0 Å². The van der Waals surface area contributed by atoms with Crippen LogP contribution in [0.3, 0.4) is 0 Å². The molecule has 0 saturated heterocycles. The Bertz CT molecular complexity index is 1590. The monoisotopic (exact) mass is 524 g/mol. The molecule has 0 bridgehead atoms. The Labute approximate surface area is 220 Å². The molecule has 0 spiro atoms. The van der Waals surface area contributed by atoms with E-state index >= 15 is 0 Å². The Morgan fingerprint density at radius 2 is 1.34 bits per heavy atom. The number of nitro groups is 1. The first-order valence-electron chi connectivity index (χ1n) is 12.0. The minimum Gasteiger partial charge on any atom is -0.294 e. The van der Waals surface area contributed by atoms with E-state index in [1.54, 1.807) is 24.3 Å². The number of allylic oxidation sites excluding steroid dienone is 1. The molecule has 0 saturated carbocycles. The van der Waals surface area contributed by atoms with Crippen LogP contribution in [0.25, 0.3) is 5.70 Å². The van der Waals surface area contributed by atoms with Crippen molar-refractivity contribution in [3.63, 3.8) is 0 Å². The van der Waals surface area contributed by atoms with Gasteiger partial charge in [0.25, 0.3) is 15.7 Å². The molecule has 1 heterocycles. The van der Waals surface area contributed by atoms with Gasteiger partial charge in [-0.2, -0.15) is 0 Å². The Morgan fingerprint density at radius 1 is 0.789 bits per heavy atom. The molecule has 38 heavy (non-hydrogen) atoms. The number of benzene rings is 4. The molecule has 8 heteroatoms. The maximum Gasteiger partial charge on any atom is 0.269 e. The molecule has 1 aliphatic rings. The van der Waals surface area contributed by atoms with Crippen molar-refractivity contribution in [2.45, 2.75) is 10.8 Å². The third-order valence-corrected chi connectivity index (χ3v) is 8.48. The van der Waals surface area contributed by atoms with E-state index in [1.807, 2.05) is 72.8 Å². The summed E-state index contributed by atoms with van der Waals surface area (Å²) in [5.41, 5.74) is 2.34. The summed E-state index contributed by atoms with van der Waals surface area (Å²) in [6.45, 7) is -0.0899. The van der Waals surface area contributed by atoms with Gasteiger partial charge in [-0.3, -0.25) is 19.2 Å². The summed E-state index contributed by atoms with van der Waals surface area (Å²) in [5.74, 6) is -1.23. The average molecular weight is 525 g/mol. The summed E-state index contributed by atoms with van der Waals surface area (Å²) >= 11 is 0. The van der Waals surface area contributed by atoms with E-state index in [0.717, 1.165) is 5.56 Å². The average Bonchev–Trinajstić information content (AvgIpc) is 2.97. The molecule has 4 aromatic rings. The van der Waals surface area contributed by atoms with Gasteiger partial charge in [-0.1, -0.05) is 97.1 Å². The molecular formula is C30H24N2O5S. The largest absolute Gasteiger partial charge is 0.294 e. The predicted octanol–water partition coefficient (Wildman–Crippen LogP) is 5.92. The first-order chi connectivity index (χ1) is 18.4. The van der Waals surface area contributed by atoms with Gasteiger partial charge in [-0.25, -0.2) is 8.42 Å². The molecule has 0 fully saturated rings. The van der Waals surface area contributed by atoms with Crippen LogP contribution in [0.5, 0.6) is 0 Å². The fourth-order valence-corrected chi connectivity index (χ4v) is 6.29. The zero-order chi connectivity index (χ0) is 26.7. The van der Waals surface area contributed by atoms with Crippen molar-refractivity contribution >= 4 is 27.2 Å². The molecule has 0 radical (unpaired) electrons. The fraction of sp³-hybridized carbons (Fsp3) is 0.100. The highest BCUT2D eigenvalue weighted by molar-refractivity contribution is 7.89. The lowest BCUT2D eigenvalue weighted by molar-refractivity contribution is -0.384. The van der Waals surface area contributed by atoms with Gasteiger partial charge in [0.05, 0.1) is 21.4 Å². The number of ketones is 1. The summed E-state index contributed by atoms with van der Waals surface area (Å²) in [6, 6.07) is 32.4. The molecule has 7 nitrogen and oxygen atoms in total. The predicted molar refractivity (Wildman–Crippen MR) is 145 cm³/mol. The van der Waals surface area contributed by atoms with Crippen molar-refractivity contribution < 1.29 is 18.1 Å². The zero-order valence-electron chi connectivity index (χ0n) is 20.3. The highest BCUT2D eigenvalue weighted by Crippen LogP contribution is 2.41. The van der Waals surface area contributed by atoms with Gasteiger partial charge >= 0.3 is 0 Å². The highest BCUT2D eigenvalue weighted by atomic mass is 32.2. The SMILES string of the molecule is O=C(c1ccccc1)C1CN(S(=O)(=O)c2ccc([N+](=O)[O-])cc2)C(c2ccccc2)=CC1c1ccccc1. The smallest absolute Gasteiger partial charge is 0.269 e. The topological polar surface area (TPSA) is 97.6 Å². The van der Waals surface area contributed by atoms with Gasteiger partial charge in [0.2, 0.25) is 0 Å². The Balaban J connectivity index is 1.68. The van der Waals surface area contributed by atoms with E-state index in [9.17, 15) is 23.3 Å². The summed E-state index contributed by atoms with van der Waals surface area (Å²) in [4.78, 5) is 24.3. The number of Topliss-reactive ketones (excluding diaryl/α,β-unsaturated/α-hetero) is 1. The molecule has 5 rings (SSSR count). The van der Waals surface area contributed by atoms with Crippen LogP contribution in [0, 0.1) is 16.0 Å². The summed E-state index contributed by atoms with van der Waals surface area (Å²) in [5, 5.41) is 11.1. The number of sulfonamides is 1. The van der Waals surface area contributed by atoms with E-state index in [4.69, 9.17) is 0 Å². The Kier molecular flexibility index (Phi) is 6.89. The second-order valence-corrected chi connectivity index (χ2v) is 10.8. The highest BCUT2D eigenvalue weighted by Gasteiger charge is 2.40. The minimum atomic E-state index is -4.17. The third kappa shape index (κ3) is 4.86. The number of carbonyl (C=O) groups is 1. The number of hydrogen-bond acceptors (Lipinski definition) is 5. The second kappa shape index (κ2) is 10.4. The van der Waals surface area contributed by atoms with E-state index in [0.29, 0.717) is 16.8 Å². The van der Waals surface area contributed by atoms with E-state index < -0.39 is 20.9 Å². The third-order valence-electron chi connectivity index (χ3n) is 6.69. The molecular weight excluding hydrogens is 500 g/mol. The van der Waals surface area contributed by atoms with Crippen LogP contribution in [0.1, 0.15) is 27.4 Å². The number of nitro benzene ring substituents is 1. The van der Waals surface area contributed by atoms with Crippen LogP contribution in [-0.4, -0.2) is 30.0 Å². The molecule has 0 aromatic heterocycles. The van der Waals surface area contributed by atoms with Gasteiger partial charge in [0.1, 0.15) is 0 Å². The van der Waals surface area contributed by atoms with E-state index in [2.05, 4.69) is 0 Å². The lowest BCUT2D eigenvalue weighted by Gasteiger charge is -2.38. The van der Waals surface area contributed by atoms with Crippen LogP contribution in [0.4, 0.5) is 5.69 Å². The molecule has 2 atom stereocenters.